The van der Waals surface area contributed by atoms with E-state index in [0.717, 1.165) is 0 Å². The maximum atomic E-state index is 10.7. The predicted octanol–water partition coefficient (Wildman–Crippen LogP) is -1.71. The van der Waals surface area contributed by atoms with Crippen LogP contribution in [0.1, 0.15) is 0 Å². The van der Waals surface area contributed by atoms with E-state index < -0.39 is 37.0 Å². The van der Waals surface area contributed by atoms with Crippen LogP contribution >= 0.6 is 0 Å². The molecule has 1 aliphatic rings. The van der Waals surface area contributed by atoms with E-state index in [2.05, 4.69) is 4.74 Å². The number of hydrogen-bond acceptors (Lipinski definition) is 5. The van der Waals surface area contributed by atoms with Crippen LogP contribution in [0.2, 0.25) is 0 Å². The molecule has 0 aromatic carbocycles. The first-order chi connectivity index (χ1) is 5.20. The van der Waals surface area contributed by atoms with Gasteiger partial charge >= 0.3 is 11.9 Å². The fourth-order valence-corrected chi connectivity index (χ4v) is 0.983. The van der Waals surface area contributed by atoms with Gasteiger partial charge in [-0.25, -0.2) is 0 Å². The molecule has 1 aliphatic heterocycles. The van der Waals surface area contributed by atoms with Crippen molar-refractivity contribution in [2.75, 3.05) is 13.2 Å². The fourth-order valence-electron chi connectivity index (χ4n) is 0.983. The van der Waals surface area contributed by atoms with Crippen molar-refractivity contribution in [3.8, 4) is 0 Å². The van der Waals surface area contributed by atoms with Gasteiger partial charge in [0, 0.05) is 0 Å². The molecule has 2 atom stereocenters. The second kappa shape index (κ2) is 2.98. The molecule has 11 heavy (non-hydrogen) atoms. The lowest BCUT2D eigenvalue weighted by Crippen LogP contribution is -2.24. The van der Waals surface area contributed by atoms with E-state index in [1.807, 2.05) is 0 Å². The Morgan fingerprint density at radius 1 is 1.09 bits per heavy atom. The van der Waals surface area contributed by atoms with Gasteiger partial charge in [0.2, 0.25) is 0 Å². The van der Waals surface area contributed by atoms with E-state index in [4.69, 9.17) is 10.2 Å². The number of ether oxygens (including phenoxy) is 1. The van der Waals surface area contributed by atoms with E-state index in [-0.39, 0.29) is 0 Å². The number of cyclic esters (lactones) is 2. The van der Waals surface area contributed by atoms with Crippen molar-refractivity contribution in [2.24, 2.45) is 11.8 Å². The Hall–Kier alpha value is -0.940. The van der Waals surface area contributed by atoms with Crippen molar-refractivity contribution in [2.45, 2.75) is 0 Å². The van der Waals surface area contributed by atoms with Crippen LogP contribution in [0.25, 0.3) is 0 Å². The quantitative estimate of drug-likeness (QED) is 0.371. The summed E-state index contributed by atoms with van der Waals surface area (Å²) in [5.74, 6) is -3.27. The third-order valence-corrected chi connectivity index (χ3v) is 1.69. The minimum absolute atomic E-state index is 0.462. The van der Waals surface area contributed by atoms with Crippen molar-refractivity contribution in [3.05, 3.63) is 0 Å². The van der Waals surface area contributed by atoms with Gasteiger partial charge in [-0.3, -0.25) is 9.59 Å². The SMILES string of the molecule is O=C1OC(=O)[C@H](CO)C1CO. The third kappa shape index (κ3) is 1.24. The van der Waals surface area contributed by atoms with E-state index in [0.29, 0.717) is 0 Å². The van der Waals surface area contributed by atoms with Gasteiger partial charge in [0.05, 0.1) is 25.0 Å². The summed E-state index contributed by atoms with van der Waals surface area (Å²) in [6.07, 6.45) is 0. The lowest BCUT2D eigenvalue weighted by atomic mass is 9.97. The average molecular weight is 160 g/mol. The Kier molecular flexibility index (Phi) is 2.21. The van der Waals surface area contributed by atoms with Gasteiger partial charge < -0.3 is 14.9 Å². The molecule has 0 aromatic rings. The first-order valence-corrected chi connectivity index (χ1v) is 3.18. The van der Waals surface area contributed by atoms with Crippen LogP contribution in [0, 0.1) is 11.8 Å². The Balaban J connectivity index is 2.74. The number of rotatable bonds is 2. The van der Waals surface area contributed by atoms with Gasteiger partial charge in [-0.05, 0) is 0 Å². The number of aliphatic hydroxyl groups is 2. The van der Waals surface area contributed by atoms with Crippen LogP contribution in [-0.4, -0.2) is 35.4 Å². The Bertz CT molecular complexity index is 167. The lowest BCUT2D eigenvalue weighted by Gasteiger charge is -2.05. The highest BCUT2D eigenvalue weighted by molar-refractivity contribution is 5.96. The van der Waals surface area contributed by atoms with Gasteiger partial charge in [-0.2, -0.15) is 0 Å². The number of carbonyl (C=O) groups excluding carboxylic acids is 2. The molecular weight excluding hydrogens is 152 g/mol. The molecule has 62 valence electrons. The average Bonchev–Trinajstić information content (AvgIpc) is 2.24. The smallest absolute Gasteiger partial charge is 0.319 e. The maximum absolute atomic E-state index is 10.7. The van der Waals surface area contributed by atoms with Crippen molar-refractivity contribution in [3.63, 3.8) is 0 Å². The summed E-state index contributed by atoms with van der Waals surface area (Å²) < 4.78 is 4.17. The third-order valence-electron chi connectivity index (χ3n) is 1.69. The Morgan fingerprint density at radius 3 is 1.73 bits per heavy atom. The van der Waals surface area contributed by atoms with Crippen molar-refractivity contribution < 1.29 is 24.5 Å². The standard InChI is InChI=1S/C6H8O5/c7-1-3-4(2-8)6(10)11-5(3)9/h3-4,7-8H,1-2H2/t3-,4?/m1/s1. The minimum atomic E-state index is -0.882. The van der Waals surface area contributed by atoms with Gasteiger partial charge in [-0.1, -0.05) is 0 Å². The summed E-state index contributed by atoms with van der Waals surface area (Å²) >= 11 is 0. The lowest BCUT2D eigenvalue weighted by molar-refractivity contribution is -0.154. The second-order valence-corrected chi connectivity index (χ2v) is 2.32. The van der Waals surface area contributed by atoms with Crippen LogP contribution in [0.5, 0.6) is 0 Å². The summed E-state index contributed by atoms with van der Waals surface area (Å²) in [5.41, 5.74) is 0. The van der Waals surface area contributed by atoms with Crippen LogP contribution in [0.4, 0.5) is 0 Å². The largest absolute Gasteiger partial charge is 0.395 e. The summed E-state index contributed by atoms with van der Waals surface area (Å²) in [6.45, 7) is -0.925. The first kappa shape index (κ1) is 8.16. The summed E-state index contributed by atoms with van der Waals surface area (Å²) in [5, 5.41) is 17.2. The molecule has 0 amide bonds. The van der Waals surface area contributed by atoms with E-state index in [1.54, 1.807) is 0 Å². The maximum Gasteiger partial charge on any atom is 0.319 e. The minimum Gasteiger partial charge on any atom is -0.395 e. The van der Waals surface area contributed by atoms with Crippen molar-refractivity contribution >= 4 is 11.9 Å². The van der Waals surface area contributed by atoms with Crippen LogP contribution in [-0.2, 0) is 14.3 Å². The van der Waals surface area contributed by atoms with Gasteiger partial charge in [0.15, 0.2) is 0 Å². The molecule has 1 saturated heterocycles. The van der Waals surface area contributed by atoms with Gasteiger partial charge in [0.1, 0.15) is 0 Å². The topological polar surface area (TPSA) is 83.8 Å². The zero-order valence-corrected chi connectivity index (χ0v) is 5.69. The molecule has 1 unspecified atom stereocenters. The zero-order chi connectivity index (χ0) is 8.43. The summed E-state index contributed by atoms with van der Waals surface area (Å²) in [4.78, 5) is 21.3. The van der Waals surface area contributed by atoms with Crippen LogP contribution in [0.3, 0.4) is 0 Å². The molecule has 2 N–H and O–H groups in total. The number of esters is 2. The summed E-state index contributed by atoms with van der Waals surface area (Å²) in [7, 11) is 0. The van der Waals surface area contributed by atoms with E-state index in [1.165, 1.54) is 0 Å². The molecule has 0 bridgehead atoms. The normalized spacial score (nSPS) is 30.7. The highest BCUT2D eigenvalue weighted by Gasteiger charge is 2.43. The molecule has 5 heteroatoms. The molecule has 0 spiro atoms. The van der Waals surface area contributed by atoms with Gasteiger partial charge in [-0.15, -0.1) is 0 Å². The number of hydrogen-bond donors (Lipinski definition) is 2. The molecule has 0 radical (unpaired) electrons. The van der Waals surface area contributed by atoms with Crippen LogP contribution in [0.15, 0.2) is 0 Å². The Labute approximate surface area is 62.6 Å². The highest BCUT2D eigenvalue weighted by atomic mass is 16.6. The predicted molar refractivity (Wildman–Crippen MR) is 32.3 cm³/mol. The zero-order valence-electron chi connectivity index (χ0n) is 5.69. The summed E-state index contributed by atoms with van der Waals surface area (Å²) in [6, 6.07) is 0. The van der Waals surface area contributed by atoms with Gasteiger partial charge in [0.25, 0.3) is 0 Å². The first-order valence-electron chi connectivity index (χ1n) is 3.18. The molecule has 0 saturated carbocycles. The second-order valence-electron chi connectivity index (χ2n) is 2.32. The molecule has 0 aliphatic carbocycles. The van der Waals surface area contributed by atoms with E-state index in [9.17, 15) is 9.59 Å². The number of aliphatic hydroxyl groups excluding tert-OH is 2. The molecule has 5 nitrogen and oxygen atoms in total. The molecule has 1 heterocycles. The van der Waals surface area contributed by atoms with Crippen molar-refractivity contribution in [1.82, 2.24) is 0 Å². The Morgan fingerprint density at radius 2 is 1.45 bits per heavy atom. The highest BCUT2D eigenvalue weighted by Crippen LogP contribution is 2.22. The molecule has 1 fully saturated rings. The number of carbonyl (C=O) groups is 2. The van der Waals surface area contributed by atoms with Crippen molar-refractivity contribution in [1.29, 1.82) is 0 Å². The van der Waals surface area contributed by atoms with E-state index >= 15 is 0 Å². The fraction of sp³-hybridized carbons (Fsp3) is 0.667. The molecule has 0 aromatic heterocycles. The molecule has 1 rings (SSSR count). The van der Waals surface area contributed by atoms with Crippen LogP contribution < -0.4 is 0 Å². The monoisotopic (exact) mass is 160 g/mol. The molecular formula is C6H8O5.